The standard InChI is InChI=1S/C23H22BrN7O3S/c24-18-5-1-17-14-20(8-4-16(17)13-18)35(33,34)30-11-9-29(10-12-30)21(32)15-2-6-19(7-3-15)31-23(26)27-22(25)28-31/h1-8,13-14H,9-12H2,(H4,25,26,27,28). The van der Waals surface area contributed by atoms with Gasteiger partial charge < -0.3 is 16.4 Å². The molecular formula is C23H22BrN7O3S. The molecular weight excluding hydrogens is 534 g/mol. The Morgan fingerprint density at radius 1 is 0.886 bits per heavy atom. The molecule has 0 radical (unpaired) electrons. The Morgan fingerprint density at radius 3 is 2.20 bits per heavy atom. The molecule has 3 aromatic carbocycles. The molecule has 0 aliphatic carbocycles. The van der Waals surface area contributed by atoms with Gasteiger partial charge in [-0.2, -0.15) is 14.0 Å². The van der Waals surface area contributed by atoms with Gasteiger partial charge in [-0.3, -0.25) is 4.79 Å². The lowest BCUT2D eigenvalue weighted by molar-refractivity contribution is 0.0698. The molecule has 10 nitrogen and oxygen atoms in total. The molecule has 1 aliphatic rings. The quantitative estimate of drug-likeness (QED) is 0.394. The number of nitrogen functional groups attached to an aromatic ring is 2. The molecule has 1 amide bonds. The molecule has 0 atom stereocenters. The Labute approximate surface area is 210 Å². The molecule has 0 bridgehead atoms. The first-order chi connectivity index (χ1) is 16.7. The van der Waals surface area contributed by atoms with E-state index in [2.05, 4.69) is 26.0 Å². The van der Waals surface area contributed by atoms with Crippen molar-refractivity contribution in [2.24, 2.45) is 0 Å². The molecule has 1 fully saturated rings. The van der Waals surface area contributed by atoms with E-state index >= 15 is 0 Å². The third-order valence-electron chi connectivity index (χ3n) is 5.94. The Hall–Kier alpha value is -3.48. The summed E-state index contributed by atoms with van der Waals surface area (Å²) in [5.74, 6) is 0.0429. The van der Waals surface area contributed by atoms with Crippen LogP contribution in [-0.2, 0) is 10.0 Å². The number of rotatable bonds is 4. The maximum Gasteiger partial charge on any atom is 0.253 e. The van der Waals surface area contributed by atoms with E-state index < -0.39 is 10.0 Å². The van der Waals surface area contributed by atoms with Crippen LogP contribution in [0.1, 0.15) is 10.4 Å². The number of halogens is 1. The van der Waals surface area contributed by atoms with Gasteiger partial charge in [0.1, 0.15) is 0 Å². The van der Waals surface area contributed by atoms with Crippen molar-refractivity contribution in [2.45, 2.75) is 4.90 Å². The number of benzene rings is 3. The summed E-state index contributed by atoms with van der Waals surface area (Å²) in [6.07, 6.45) is 0. The van der Waals surface area contributed by atoms with Crippen LogP contribution in [0.4, 0.5) is 11.9 Å². The van der Waals surface area contributed by atoms with E-state index in [0.29, 0.717) is 24.3 Å². The highest BCUT2D eigenvalue weighted by molar-refractivity contribution is 9.10. The minimum atomic E-state index is -3.67. The fourth-order valence-corrected chi connectivity index (χ4v) is 5.93. The number of hydrogen-bond acceptors (Lipinski definition) is 7. The van der Waals surface area contributed by atoms with Crippen molar-refractivity contribution in [3.8, 4) is 5.69 Å². The predicted octanol–water partition coefficient (Wildman–Crippen LogP) is 2.49. The molecule has 2 heterocycles. The topological polar surface area (TPSA) is 140 Å². The van der Waals surface area contributed by atoms with Crippen molar-refractivity contribution in [3.05, 3.63) is 70.7 Å². The third kappa shape index (κ3) is 4.47. The smallest absolute Gasteiger partial charge is 0.253 e. The van der Waals surface area contributed by atoms with Crippen molar-refractivity contribution < 1.29 is 13.2 Å². The molecule has 0 saturated carbocycles. The lowest BCUT2D eigenvalue weighted by atomic mass is 10.1. The monoisotopic (exact) mass is 555 g/mol. The number of nitrogens with two attached hydrogens (primary N) is 2. The molecule has 4 aromatic rings. The van der Waals surface area contributed by atoms with Crippen molar-refractivity contribution in [1.82, 2.24) is 24.0 Å². The van der Waals surface area contributed by atoms with E-state index in [-0.39, 0.29) is 35.8 Å². The van der Waals surface area contributed by atoms with Crippen LogP contribution in [0.25, 0.3) is 16.5 Å². The molecule has 4 N–H and O–H groups in total. The molecule has 12 heteroatoms. The molecule has 1 saturated heterocycles. The Bertz CT molecular complexity index is 1530. The highest BCUT2D eigenvalue weighted by Crippen LogP contribution is 2.25. The van der Waals surface area contributed by atoms with E-state index in [1.54, 1.807) is 47.4 Å². The van der Waals surface area contributed by atoms with Gasteiger partial charge in [0.05, 0.1) is 10.6 Å². The van der Waals surface area contributed by atoms with E-state index in [1.165, 1.54) is 8.99 Å². The second-order valence-electron chi connectivity index (χ2n) is 8.14. The summed E-state index contributed by atoms with van der Waals surface area (Å²) in [5.41, 5.74) is 12.5. The van der Waals surface area contributed by atoms with Crippen LogP contribution in [0.2, 0.25) is 0 Å². The Balaban J connectivity index is 1.27. The number of amides is 1. The van der Waals surface area contributed by atoms with E-state index in [4.69, 9.17) is 11.5 Å². The maximum absolute atomic E-state index is 13.2. The number of aromatic nitrogens is 3. The summed E-state index contributed by atoms with van der Waals surface area (Å²) >= 11 is 3.43. The first kappa shape index (κ1) is 23.3. The van der Waals surface area contributed by atoms with Crippen molar-refractivity contribution in [3.63, 3.8) is 0 Å². The van der Waals surface area contributed by atoms with Crippen LogP contribution in [0.5, 0.6) is 0 Å². The lowest BCUT2D eigenvalue weighted by Crippen LogP contribution is -2.50. The fourth-order valence-electron chi connectivity index (χ4n) is 4.09. The van der Waals surface area contributed by atoms with Crippen LogP contribution in [-0.4, -0.2) is 64.5 Å². The number of fused-ring (bicyclic) bond motifs is 1. The fraction of sp³-hybridized carbons (Fsp3) is 0.174. The van der Waals surface area contributed by atoms with Crippen LogP contribution >= 0.6 is 15.9 Å². The first-order valence-electron chi connectivity index (χ1n) is 10.8. The number of sulfonamides is 1. The number of piperazine rings is 1. The first-order valence-corrected chi connectivity index (χ1v) is 13.0. The molecule has 0 spiro atoms. The summed E-state index contributed by atoms with van der Waals surface area (Å²) in [5, 5.41) is 5.82. The van der Waals surface area contributed by atoms with Gasteiger partial charge in [-0.05, 0) is 59.3 Å². The van der Waals surface area contributed by atoms with E-state index in [0.717, 1.165) is 15.2 Å². The molecule has 1 aliphatic heterocycles. The molecule has 180 valence electrons. The van der Waals surface area contributed by atoms with Crippen molar-refractivity contribution in [1.29, 1.82) is 0 Å². The van der Waals surface area contributed by atoms with Crippen LogP contribution in [0.15, 0.2) is 70.0 Å². The van der Waals surface area contributed by atoms with Gasteiger partial charge in [0, 0.05) is 36.2 Å². The zero-order chi connectivity index (χ0) is 24.7. The highest BCUT2D eigenvalue weighted by atomic mass is 79.9. The van der Waals surface area contributed by atoms with Gasteiger partial charge in [0.15, 0.2) is 0 Å². The Morgan fingerprint density at radius 2 is 1.54 bits per heavy atom. The third-order valence-corrected chi connectivity index (χ3v) is 8.33. The second kappa shape index (κ2) is 8.95. The van der Waals surface area contributed by atoms with Crippen LogP contribution in [0, 0.1) is 0 Å². The maximum atomic E-state index is 13.2. The summed E-state index contributed by atoms with van der Waals surface area (Å²) in [6.45, 7) is 1.04. The van der Waals surface area contributed by atoms with Crippen molar-refractivity contribution >= 4 is 54.5 Å². The normalized spacial score (nSPS) is 14.9. The predicted molar refractivity (Wildman–Crippen MR) is 136 cm³/mol. The summed E-state index contributed by atoms with van der Waals surface area (Å²) in [6, 6.07) is 17.6. The van der Waals surface area contributed by atoms with Crippen molar-refractivity contribution in [2.75, 3.05) is 37.6 Å². The second-order valence-corrected chi connectivity index (χ2v) is 11.0. The SMILES string of the molecule is Nc1nc(N)n(-c2ccc(C(=O)N3CCN(S(=O)(=O)c4ccc5cc(Br)ccc5c4)CC3)cc2)n1. The van der Waals surface area contributed by atoms with E-state index in [9.17, 15) is 13.2 Å². The van der Waals surface area contributed by atoms with Gasteiger partial charge in [0.25, 0.3) is 5.91 Å². The zero-order valence-corrected chi connectivity index (χ0v) is 20.9. The summed E-state index contributed by atoms with van der Waals surface area (Å²) in [7, 11) is -3.67. The van der Waals surface area contributed by atoms with Gasteiger partial charge in [-0.1, -0.05) is 28.1 Å². The molecule has 35 heavy (non-hydrogen) atoms. The summed E-state index contributed by atoms with van der Waals surface area (Å²) in [4.78, 5) is 18.8. The van der Waals surface area contributed by atoms with Gasteiger partial charge in [-0.25, -0.2) is 8.42 Å². The van der Waals surface area contributed by atoms with Crippen LogP contribution < -0.4 is 11.5 Å². The number of anilines is 2. The molecule has 5 rings (SSSR count). The summed E-state index contributed by atoms with van der Waals surface area (Å²) < 4.78 is 30.2. The number of carbonyl (C=O) groups excluding carboxylic acids is 1. The molecule has 1 aromatic heterocycles. The number of nitrogens with zero attached hydrogens (tertiary/aromatic N) is 5. The average molecular weight is 556 g/mol. The average Bonchev–Trinajstić information content (AvgIpc) is 3.21. The highest BCUT2D eigenvalue weighted by Gasteiger charge is 2.30. The minimum absolute atomic E-state index is 0.0623. The molecule has 0 unspecified atom stereocenters. The number of hydrogen-bond donors (Lipinski definition) is 2. The number of carbonyl (C=O) groups is 1. The largest absolute Gasteiger partial charge is 0.368 e. The minimum Gasteiger partial charge on any atom is -0.368 e. The zero-order valence-electron chi connectivity index (χ0n) is 18.5. The lowest BCUT2D eigenvalue weighted by Gasteiger charge is -2.34. The van der Waals surface area contributed by atoms with Gasteiger partial charge >= 0.3 is 0 Å². The van der Waals surface area contributed by atoms with Gasteiger partial charge in [0.2, 0.25) is 21.9 Å². The Kier molecular flexibility index (Phi) is 5.95. The van der Waals surface area contributed by atoms with Gasteiger partial charge in [-0.15, -0.1) is 5.10 Å². The van der Waals surface area contributed by atoms with E-state index in [1.807, 2.05) is 18.2 Å². The van der Waals surface area contributed by atoms with Crippen LogP contribution in [0.3, 0.4) is 0 Å².